The lowest BCUT2D eigenvalue weighted by atomic mass is 10.1. The molecule has 0 atom stereocenters. The van der Waals surface area contributed by atoms with Crippen LogP contribution in [0.15, 0.2) is 58.8 Å². The Morgan fingerprint density at radius 3 is 2.50 bits per heavy atom. The number of hydrogen-bond donors (Lipinski definition) is 5. The van der Waals surface area contributed by atoms with E-state index in [0.29, 0.717) is 105 Å². The second-order valence-corrected chi connectivity index (χ2v) is 9.86. The number of hydrogen-bond acceptors (Lipinski definition) is 14. The van der Waals surface area contributed by atoms with Gasteiger partial charge in [-0.2, -0.15) is 0 Å². The Morgan fingerprint density at radius 2 is 1.79 bits per heavy atom. The Labute approximate surface area is 278 Å². The zero-order valence-electron chi connectivity index (χ0n) is 26.9. The third kappa shape index (κ3) is 11.3. The molecule has 0 aliphatic carbocycles. The van der Waals surface area contributed by atoms with Crippen molar-refractivity contribution in [2.75, 3.05) is 77.8 Å². The normalized spacial score (nSPS) is 12.0. The van der Waals surface area contributed by atoms with Crippen LogP contribution >= 0.6 is 0 Å². The first kappa shape index (κ1) is 36.9. The maximum atomic E-state index is 12.9. The van der Waals surface area contributed by atoms with Gasteiger partial charge in [-0.25, -0.2) is 9.97 Å². The Kier molecular flexibility index (Phi) is 15.7. The van der Waals surface area contributed by atoms with Gasteiger partial charge in [0.15, 0.2) is 11.5 Å². The third-order valence-corrected chi connectivity index (χ3v) is 6.77. The van der Waals surface area contributed by atoms with Gasteiger partial charge in [0.25, 0.3) is 5.91 Å². The van der Waals surface area contributed by atoms with Crippen LogP contribution in [0.2, 0.25) is 0 Å². The zero-order valence-corrected chi connectivity index (χ0v) is 26.9. The van der Waals surface area contributed by atoms with Crippen molar-refractivity contribution >= 4 is 42.4 Å². The monoisotopic (exact) mass is 663 g/mol. The zero-order chi connectivity index (χ0) is 34.6. The average molecular weight is 664 g/mol. The highest BCUT2D eigenvalue weighted by Gasteiger charge is 2.21. The lowest BCUT2D eigenvalue weighted by Crippen LogP contribution is -2.36. The van der Waals surface area contributed by atoms with E-state index in [2.05, 4.69) is 40.8 Å². The molecule has 6 N–H and O–H groups in total. The number of ether oxygens (including phenoxy) is 3. The molecule has 0 radical (unpaired) electrons. The fraction of sp³-hybridized carbons (Fsp3) is 0.344. The first-order valence-electron chi connectivity index (χ1n) is 15.1. The van der Waals surface area contributed by atoms with Crippen molar-refractivity contribution in [2.45, 2.75) is 6.42 Å². The van der Waals surface area contributed by atoms with Crippen LogP contribution in [0.4, 0.5) is 11.6 Å². The van der Waals surface area contributed by atoms with Gasteiger partial charge < -0.3 is 41.0 Å². The van der Waals surface area contributed by atoms with Gasteiger partial charge in [-0.3, -0.25) is 29.3 Å². The Bertz CT molecular complexity index is 1520. The number of amides is 2. The van der Waals surface area contributed by atoms with E-state index in [-0.39, 0.29) is 11.5 Å². The molecule has 16 nitrogen and oxygen atoms in total. The van der Waals surface area contributed by atoms with Crippen molar-refractivity contribution in [3.05, 3.63) is 65.5 Å². The molecule has 1 aliphatic heterocycles. The molecular formula is C32H41N9O7. The van der Waals surface area contributed by atoms with Gasteiger partial charge in [-0.05, 0) is 42.8 Å². The maximum Gasteiger partial charge on any atom is 0.259 e. The summed E-state index contributed by atoms with van der Waals surface area (Å²) in [4.78, 5) is 53.4. The summed E-state index contributed by atoms with van der Waals surface area (Å²) in [6.07, 6.45) is 6.38. The molecule has 4 rings (SSSR count). The van der Waals surface area contributed by atoms with E-state index < -0.39 is 5.91 Å². The highest BCUT2D eigenvalue weighted by molar-refractivity contribution is 6.16. The van der Waals surface area contributed by atoms with Crippen LogP contribution in [0, 0.1) is 0 Å². The van der Waals surface area contributed by atoms with E-state index in [1.165, 1.54) is 19.5 Å². The van der Waals surface area contributed by atoms with Crippen LogP contribution in [-0.2, 0) is 4.79 Å². The standard InChI is InChI=1S/C31H37N9O6.CH4O/c1-44-28-26(46-15-2-12-40(13-11-34-21-42)14-16-45-24-5-3-22(19-41)4-6-24)8-7-25-27(28)38-20-33-9-10-35-29(25)39-30(43)23-17-36-31(32)37-18-23;1-2/h3-8,17-21H,2,9-16H2,1H3,(H,33,38)(H,34,42)(H2,32,36,37)(H,35,39,43);2H,1H3. The number of carbonyl (C=O) groups is 3. The number of aliphatic hydroxyl groups is 1. The summed E-state index contributed by atoms with van der Waals surface area (Å²) in [6.45, 7) is 4.00. The Balaban J connectivity index is 0.00000307. The van der Waals surface area contributed by atoms with Crippen molar-refractivity contribution < 1.29 is 33.7 Å². The van der Waals surface area contributed by atoms with E-state index in [1.54, 1.807) is 42.7 Å². The van der Waals surface area contributed by atoms with Crippen LogP contribution < -0.4 is 35.9 Å². The molecule has 2 aromatic carbocycles. The van der Waals surface area contributed by atoms with Gasteiger partial charge >= 0.3 is 0 Å². The van der Waals surface area contributed by atoms with E-state index in [0.717, 1.165) is 13.4 Å². The van der Waals surface area contributed by atoms with Gasteiger partial charge in [0.1, 0.15) is 24.5 Å². The molecule has 1 aliphatic rings. The van der Waals surface area contributed by atoms with E-state index >= 15 is 0 Å². The minimum absolute atomic E-state index is 0.0656. The summed E-state index contributed by atoms with van der Waals surface area (Å²) in [5, 5.41) is 15.7. The highest BCUT2D eigenvalue weighted by Crippen LogP contribution is 2.38. The quantitative estimate of drug-likeness (QED) is 0.107. The van der Waals surface area contributed by atoms with E-state index in [9.17, 15) is 14.4 Å². The van der Waals surface area contributed by atoms with Gasteiger partial charge in [0.05, 0.1) is 44.4 Å². The molecule has 3 aromatic rings. The van der Waals surface area contributed by atoms with E-state index in [1.807, 2.05) is 0 Å². The predicted octanol–water partition coefficient (Wildman–Crippen LogP) is 1.01. The number of rotatable bonds is 16. The van der Waals surface area contributed by atoms with Crippen molar-refractivity contribution in [1.29, 1.82) is 0 Å². The highest BCUT2D eigenvalue weighted by atomic mass is 16.5. The first-order valence-corrected chi connectivity index (χ1v) is 15.1. The fourth-order valence-corrected chi connectivity index (χ4v) is 4.46. The molecular weight excluding hydrogens is 622 g/mol. The summed E-state index contributed by atoms with van der Waals surface area (Å²) >= 11 is 0. The molecule has 2 amide bonds. The summed E-state index contributed by atoms with van der Waals surface area (Å²) in [5.41, 5.74) is 7.47. The number of amidine groups is 1. The number of methoxy groups -OCH3 is 1. The number of aldehydes is 1. The van der Waals surface area contributed by atoms with Crippen molar-refractivity contribution in [2.24, 2.45) is 9.98 Å². The average Bonchev–Trinajstić information content (AvgIpc) is 3.21. The van der Waals surface area contributed by atoms with Gasteiger partial charge in [0, 0.05) is 56.8 Å². The molecule has 0 spiro atoms. The van der Waals surface area contributed by atoms with Crippen LogP contribution in [0.1, 0.15) is 32.7 Å². The lowest BCUT2D eigenvalue weighted by molar-refractivity contribution is -0.109. The second-order valence-electron chi connectivity index (χ2n) is 9.86. The molecule has 0 saturated carbocycles. The van der Waals surface area contributed by atoms with Crippen molar-refractivity contribution in [3.63, 3.8) is 0 Å². The molecule has 256 valence electrons. The maximum absolute atomic E-state index is 12.9. The molecule has 0 bridgehead atoms. The smallest absolute Gasteiger partial charge is 0.259 e. The van der Waals surface area contributed by atoms with Crippen molar-refractivity contribution in [3.8, 4) is 17.2 Å². The van der Waals surface area contributed by atoms with Crippen LogP contribution in [0.3, 0.4) is 0 Å². The molecule has 0 saturated heterocycles. The number of nitrogen functional groups attached to an aromatic ring is 1. The summed E-state index contributed by atoms with van der Waals surface area (Å²) < 4.78 is 17.7. The molecule has 0 fully saturated rings. The topological polar surface area (TPSA) is 215 Å². The number of aliphatic hydroxyl groups excluding tert-OH is 1. The van der Waals surface area contributed by atoms with Crippen molar-refractivity contribution in [1.82, 2.24) is 25.5 Å². The lowest BCUT2D eigenvalue weighted by Gasteiger charge is -2.23. The van der Waals surface area contributed by atoms with Gasteiger partial charge in [0.2, 0.25) is 12.4 Å². The number of aromatic nitrogens is 2. The van der Waals surface area contributed by atoms with Gasteiger partial charge in [-0.15, -0.1) is 0 Å². The molecule has 16 heteroatoms. The fourth-order valence-electron chi connectivity index (χ4n) is 4.46. The number of nitrogens with one attached hydrogen (secondary N) is 3. The van der Waals surface area contributed by atoms with Crippen LogP contribution in [-0.4, -0.2) is 117 Å². The predicted molar refractivity (Wildman–Crippen MR) is 181 cm³/mol. The number of benzene rings is 2. The Morgan fingerprint density at radius 1 is 1.02 bits per heavy atom. The number of anilines is 2. The first-order chi connectivity index (χ1) is 23.5. The molecule has 48 heavy (non-hydrogen) atoms. The minimum Gasteiger partial charge on any atom is -0.492 e. The number of nitrogens with two attached hydrogens (primary N) is 1. The van der Waals surface area contributed by atoms with Crippen LogP contribution in [0.25, 0.3) is 0 Å². The molecule has 0 unspecified atom stereocenters. The number of fused-ring (bicyclic) bond motifs is 1. The second kappa shape index (κ2) is 20.5. The molecule has 1 aromatic heterocycles. The largest absolute Gasteiger partial charge is 0.492 e. The summed E-state index contributed by atoms with van der Waals surface area (Å²) in [5.74, 6) is 1.53. The third-order valence-electron chi connectivity index (χ3n) is 6.77. The molecule has 2 heterocycles. The number of nitrogens with zero attached hydrogens (tertiary/aromatic N) is 5. The minimum atomic E-state index is -0.446. The number of carbonyl (C=O) groups excluding carboxylic acids is 3. The van der Waals surface area contributed by atoms with Gasteiger partial charge in [-0.1, -0.05) is 0 Å². The van der Waals surface area contributed by atoms with Crippen LogP contribution in [0.5, 0.6) is 17.2 Å². The Hall–Kier alpha value is -5.61. The van der Waals surface area contributed by atoms with E-state index in [4.69, 9.17) is 25.1 Å². The number of aliphatic imine (C=N–C) groups is 2. The summed E-state index contributed by atoms with van der Waals surface area (Å²) in [7, 11) is 2.53. The summed E-state index contributed by atoms with van der Waals surface area (Å²) in [6, 6.07) is 10.5. The SMILES string of the molecule is CO.COc1c(OCCCN(CCNC=O)CCOc2ccc(C=O)cc2)ccc2c1NC=NCCN=C2NC(=O)c1cnc(N)nc1.